The van der Waals surface area contributed by atoms with E-state index in [1.165, 1.54) is 26.2 Å². The molecule has 0 spiro atoms. The van der Waals surface area contributed by atoms with Crippen LogP contribution in [0.15, 0.2) is 43.2 Å². The molecule has 1 unspecified atom stereocenters. The highest BCUT2D eigenvalue weighted by Crippen LogP contribution is 2.41. The molecule has 0 amide bonds. The number of anilines is 3. The molecular weight excluding hydrogens is 470 g/mol. The predicted octanol–water partition coefficient (Wildman–Crippen LogP) is 3.74. The number of halogens is 1. The minimum Gasteiger partial charge on any atom is -0.504 e. The second-order valence-corrected chi connectivity index (χ2v) is 11.5. The van der Waals surface area contributed by atoms with Gasteiger partial charge in [0.05, 0.1) is 16.8 Å². The number of phenolic OH excluding ortho intramolecular Hbond substituents is 1. The summed E-state index contributed by atoms with van der Waals surface area (Å²) in [7, 11) is -1.48. The molecule has 2 aromatic carbocycles. The summed E-state index contributed by atoms with van der Waals surface area (Å²) < 4.78 is 31.8. The van der Waals surface area contributed by atoms with E-state index >= 15 is 0 Å². The van der Waals surface area contributed by atoms with Gasteiger partial charge in [0.25, 0.3) is 10.9 Å². The SMILES string of the molecule is Cc1ccc(C(Nc2c(Nc3ccc(Cl)c(S(=O)(=O)N(C)C)c3O)c(=O)c2=O)C(C)(C)C)o1. The highest BCUT2D eigenvalue weighted by Gasteiger charge is 2.34. The van der Waals surface area contributed by atoms with Gasteiger partial charge >= 0.3 is 0 Å². The lowest BCUT2D eigenvalue weighted by atomic mass is 9.85. The van der Waals surface area contributed by atoms with Gasteiger partial charge in [-0.25, -0.2) is 12.7 Å². The van der Waals surface area contributed by atoms with Crippen LogP contribution in [-0.4, -0.2) is 31.9 Å². The molecule has 1 heterocycles. The number of hydrogen-bond donors (Lipinski definition) is 3. The Hall–Kier alpha value is -2.82. The van der Waals surface area contributed by atoms with Gasteiger partial charge in [0.15, 0.2) is 5.75 Å². The molecule has 3 rings (SSSR count). The van der Waals surface area contributed by atoms with E-state index in [-0.39, 0.29) is 22.1 Å². The molecule has 0 aliphatic heterocycles. The standard InChI is InChI=1S/C22H26ClN3O6S/c1-11-7-10-14(32-11)21(22(2,3)4)25-16-15(18(28)19(16)29)24-13-9-8-12(23)20(17(13)27)33(30,31)26(5)6/h7-10,21,24-25,27H,1-6H3. The Morgan fingerprint density at radius 3 is 2.18 bits per heavy atom. The number of aromatic hydroxyl groups is 1. The zero-order chi connectivity index (χ0) is 24.9. The first-order valence-electron chi connectivity index (χ1n) is 10.0. The minimum atomic E-state index is -4.08. The summed E-state index contributed by atoms with van der Waals surface area (Å²) in [5.41, 5.74) is -2.09. The van der Waals surface area contributed by atoms with Crippen molar-refractivity contribution in [3.05, 3.63) is 61.3 Å². The van der Waals surface area contributed by atoms with Gasteiger partial charge in [-0.2, -0.15) is 0 Å². The molecule has 0 aliphatic rings. The predicted molar refractivity (Wildman–Crippen MR) is 128 cm³/mol. The third-order valence-corrected chi connectivity index (χ3v) is 7.51. The Kier molecular flexibility index (Phi) is 6.40. The molecule has 33 heavy (non-hydrogen) atoms. The minimum absolute atomic E-state index is 0.0142. The lowest BCUT2D eigenvalue weighted by Gasteiger charge is -2.31. The number of sulfonamides is 1. The van der Waals surface area contributed by atoms with Gasteiger partial charge in [-0.3, -0.25) is 9.59 Å². The van der Waals surface area contributed by atoms with Gasteiger partial charge in [-0.15, -0.1) is 0 Å². The summed E-state index contributed by atoms with van der Waals surface area (Å²) >= 11 is 6.03. The van der Waals surface area contributed by atoms with Gasteiger partial charge in [0.1, 0.15) is 27.8 Å². The van der Waals surface area contributed by atoms with Gasteiger partial charge < -0.3 is 20.2 Å². The Labute approximate surface area is 196 Å². The maximum Gasteiger partial charge on any atom is 0.253 e. The monoisotopic (exact) mass is 495 g/mol. The van der Waals surface area contributed by atoms with E-state index in [9.17, 15) is 23.1 Å². The average molecular weight is 496 g/mol. The number of phenols is 1. The number of aryl methyl sites for hydroxylation is 1. The van der Waals surface area contributed by atoms with Crippen molar-refractivity contribution in [2.75, 3.05) is 24.7 Å². The highest BCUT2D eigenvalue weighted by atomic mass is 35.5. The van der Waals surface area contributed by atoms with E-state index in [1.54, 1.807) is 19.1 Å². The Bertz CT molecular complexity index is 1380. The van der Waals surface area contributed by atoms with Crippen molar-refractivity contribution >= 4 is 38.7 Å². The number of hydrogen-bond acceptors (Lipinski definition) is 8. The number of rotatable bonds is 7. The fraction of sp³-hybridized carbons (Fsp3) is 0.364. The number of benzene rings is 1. The molecule has 11 heteroatoms. The highest BCUT2D eigenvalue weighted by molar-refractivity contribution is 7.89. The van der Waals surface area contributed by atoms with Crippen molar-refractivity contribution in [1.82, 2.24) is 4.31 Å². The van der Waals surface area contributed by atoms with Crippen LogP contribution in [0.3, 0.4) is 0 Å². The molecule has 0 saturated carbocycles. The largest absolute Gasteiger partial charge is 0.504 e. The summed E-state index contributed by atoms with van der Waals surface area (Å²) in [6.07, 6.45) is 0. The van der Waals surface area contributed by atoms with E-state index in [0.717, 1.165) is 4.31 Å². The molecule has 3 N–H and O–H groups in total. The van der Waals surface area contributed by atoms with E-state index < -0.39 is 43.0 Å². The van der Waals surface area contributed by atoms with Crippen LogP contribution in [0.1, 0.15) is 38.3 Å². The molecule has 0 aliphatic carbocycles. The van der Waals surface area contributed by atoms with Gasteiger partial charge in [0, 0.05) is 14.1 Å². The van der Waals surface area contributed by atoms with Gasteiger partial charge in [-0.05, 0) is 36.6 Å². The van der Waals surface area contributed by atoms with Crippen LogP contribution in [0.2, 0.25) is 5.02 Å². The zero-order valence-corrected chi connectivity index (χ0v) is 20.7. The molecule has 1 atom stereocenters. The first-order chi connectivity index (χ1) is 15.2. The third kappa shape index (κ3) is 4.50. The van der Waals surface area contributed by atoms with E-state index in [4.69, 9.17) is 16.0 Å². The quantitative estimate of drug-likeness (QED) is 0.334. The molecule has 0 fully saturated rings. The van der Waals surface area contributed by atoms with E-state index in [1.807, 2.05) is 20.8 Å². The molecule has 3 aromatic rings. The smallest absolute Gasteiger partial charge is 0.253 e. The number of nitrogens with zero attached hydrogens (tertiary/aromatic N) is 1. The van der Waals surface area contributed by atoms with Crippen LogP contribution >= 0.6 is 11.6 Å². The van der Waals surface area contributed by atoms with Crippen LogP contribution in [0.5, 0.6) is 5.75 Å². The van der Waals surface area contributed by atoms with Crippen LogP contribution in [-0.2, 0) is 10.0 Å². The normalized spacial score (nSPS) is 13.5. The Balaban J connectivity index is 2.03. The van der Waals surface area contributed by atoms with Gasteiger partial charge in [-0.1, -0.05) is 32.4 Å². The van der Waals surface area contributed by atoms with Gasteiger partial charge in [0.2, 0.25) is 10.0 Å². The maximum absolute atomic E-state index is 12.6. The van der Waals surface area contributed by atoms with Crippen molar-refractivity contribution in [1.29, 1.82) is 0 Å². The van der Waals surface area contributed by atoms with Crippen LogP contribution < -0.4 is 21.5 Å². The first kappa shape index (κ1) is 24.8. The summed E-state index contributed by atoms with van der Waals surface area (Å²) in [6, 6.07) is 5.75. The zero-order valence-electron chi connectivity index (χ0n) is 19.1. The van der Waals surface area contributed by atoms with Crippen molar-refractivity contribution in [3.8, 4) is 5.75 Å². The summed E-state index contributed by atoms with van der Waals surface area (Å²) in [4.78, 5) is 24.2. The van der Waals surface area contributed by atoms with Crippen molar-refractivity contribution in [3.63, 3.8) is 0 Å². The second-order valence-electron chi connectivity index (χ2n) is 8.99. The summed E-state index contributed by atoms with van der Waals surface area (Å²) in [6.45, 7) is 7.65. The lowest BCUT2D eigenvalue weighted by Crippen LogP contribution is -2.39. The molecule has 9 nitrogen and oxygen atoms in total. The fourth-order valence-electron chi connectivity index (χ4n) is 3.33. The Morgan fingerprint density at radius 2 is 1.67 bits per heavy atom. The number of nitrogens with one attached hydrogen (secondary N) is 2. The fourth-order valence-corrected chi connectivity index (χ4v) is 4.80. The van der Waals surface area contributed by atoms with Crippen molar-refractivity contribution in [2.24, 2.45) is 5.41 Å². The summed E-state index contributed by atoms with van der Waals surface area (Å²) in [5, 5.41) is 16.2. The Morgan fingerprint density at radius 1 is 1.06 bits per heavy atom. The molecule has 1 aromatic heterocycles. The molecule has 178 valence electrons. The molecular formula is C22H26ClN3O6S. The molecule has 0 bridgehead atoms. The van der Waals surface area contributed by atoms with E-state index in [0.29, 0.717) is 11.5 Å². The lowest BCUT2D eigenvalue weighted by molar-refractivity contribution is 0.300. The van der Waals surface area contributed by atoms with Crippen LogP contribution in [0, 0.1) is 12.3 Å². The van der Waals surface area contributed by atoms with Crippen LogP contribution in [0.4, 0.5) is 17.1 Å². The summed E-state index contributed by atoms with van der Waals surface area (Å²) in [5.74, 6) is 0.627. The first-order valence-corrected chi connectivity index (χ1v) is 11.8. The maximum atomic E-state index is 12.6. The molecule has 0 radical (unpaired) electrons. The third-order valence-electron chi connectivity index (χ3n) is 5.19. The number of furan rings is 1. The molecule has 0 saturated heterocycles. The van der Waals surface area contributed by atoms with E-state index in [2.05, 4.69) is 10.6 Å². The van der Waals surface area contributed by atoms with Crippen molar-refractivity contribution in [2.45, 2.75) is 38.6 Å². The van der Waals surface area contributed by atoms with Crippen LogP contribution in [0.25, 0.3) is 0 Å². The average Bonchev–Trinajstić information content (AvgIpc) is 3.12. The second kappa shape index (κ2) is 8.51. The topological polar surface area (TPSA) is 129 Å². The van der Waals surface area contributed by atoms with Crippen molar-refractivity contribution < 1.29 is 17.9 Å².